The molecular weight excluding hydrogens is 381 g/mol. The number of halogens is 1. The van der Waals surface area contributed by atoms with Crippen molar-refractivity contribution in [3.8, 4) is 0 Å². The number of hydrogen-bond donors (Lipinski definition) is 1. The van der Waals surface area contributed by atoms with E-state index in [1.165, 1.54) is 6.07 Å². The molecule has 1 fully saturated rings. The second-order valence-corrected chi connectivity index (χ2v) is 7.50. The van der Waals surface area contributed by atoms with Crippen LogP contribution >= 0.6 is 0 Å². The number of benzene rings is 2. The average molecular weight is 414 g/mol. The Bertz CT molecular complexity index is 792. The Labute approximate surface area is 178 Å². The summed E-state index contributed by atoms with van der Waals surface area (Å²) in [6.07, 6.45) is 0. The minimum absolute atomic E-state index is 0.0282. The minimum Gasteiger partial charge on any atom is -0.379 e. The summed E-state index contributed by atoms with van der Waals surface area (Å²) in [6.45, 7) is 8.92. The molecule has 1 amide bonds. The number of nitrogens with zero attached hydrogens (tertiary/aromatic N) is 2. The number of nitrogens with one attached hydrogen (secondary N) is 1. The van der Waals surface area contributed by atoms with Gasteiger partial charge in [0.15, 0.2) is 0 Å². The van der Waals surface area contributed by atoms with Crippen molar-refractivity contribution in [2.45, 2.75) is 25.9 Å². The van der Waals surface area contributed by atoms with Crippen LogP contribution in [0.1, 0.15) is 37.1 Å². The Kier molecular flexibility index (Phi) is 8.37. The van der Waals surface area contributed by atoms with E-state index in [1.54, 1.807) is 12.1 Å². The van der Waals surface area contributed by atoms with Crippen LogP contribution in [0.25, 0.3) is 0 Å². The SMILES string of the molecule is CCN(CC)C(C(=O)NCC(c1cccc(F)c1)N1CCOCC1)c1ccccc1. The molecule has 0 aliphatic carbocycles. The first-order valence-electron chi connectivity index (χ1n) is 10.8. The fourth-order valence-corrected chi connectivity index (χ4v) is 4.11. The highest BCUT2D eigenvalue weighted by Crippen LogP contribution is 2.24. The van der Waals surface area contributed by atoms with Crippen LogP contribution in [0.15, 0.2) is 54.6 Å². The maximum absolute atomic E-state index is 13.9. The molecule has 5 nitrogen and oxygen atoms in total. The van der Waals surface area contributed by atoms with Gasteiger partial charge in [0.05, 0.1) is 19.3 Å². The molecule has 0 radical (unpaired) electrons. The van der Waals surface area contributed by atoms with Gasteiger partial charge in [0.1, 0.15) is 11.9 Å². The van der Waals surface area contributed by atoms with E-state index in [1.807, 2.05) is 36.4 Å². The van der Waals surface area contributed by atoms with Gasteiger partial charge in [-0.05, 0) is 36.3 Å². The molecular formula is C24H32FN3O2. The topological polar surface area (TPSA) is 44.8 Å². The van der Waals surface area contributed by atoms with Gasteiger partial charge in [0.2, 0.25) is 5.91 Å². The van der Waals surface area contributed by atoms with Gasteiger partial charge in [0.25, 0.3) is 0 Å². The van der Waals surface area contributed by atoms with Crippen LogP contribution in [-0.2, 0) is 9.53 Å². The van der Waals surface area contributed by atoms with Crippen LogP contribution in [0, 0.1) is 5.82 Å². The molecule has 1 aliphatic rings. The summed E-state index contributed by atoms with van der Waals surface area (Å²) in [6, 6.07) is 16.1. The van der Waals surface area contributed by atoms with Crippen LogP contribution in [0.3, 0.4) is 0 Å². The van der Waals surface area contributed by atoms with Gasteiger partial charge < -0.3 is 10.1 Å². The molecule has 6 heteroatoms. The summed E-state index contributed by atoms with van der Waals surface area (Å²) in [5, 5.41) is 3.16. The van der Waals surface area contributed by atoms with Gasteiger partial charge in [-0.25, -0.2) is 4.39 Å². The summed E-state index contributed by atoms with van der Waals surface area (Å²) in [5.74, 6) is -0.290. The van der Waals surface area contributed by atoms with E-state index in [-0.39, 0.29) is 23.8 Å². The van der Waals surface area contributed by atoms with E-state index in [4.69, 9.17) is 4.74 Å². The molecule has 1 saturated heterocycles. The third-order valence-electron chi connectivity index (χ3n) is 5.73. The first-order chi connectivity index (χ1) is 14.6. The van der Waals surface area contributed by atoms with Crippen molar-refractivity contribution in [3.63, 3.8) is 0 Å². The Balaban J connectivity index is 1.79. The molecule has 2 atom stereocenters. The van der Waals surface area contributed by atoms with Crippen molar-refractivity contribution in [1.82, 2.24) is 15.1 Å². The summed E-state index contributed by atoms with van der Waals surface area (Å²) in [5.41, 5.74) is 1.85. The number of ether oxygens (including phenoxy) is 1. The van der Waals surface area contributed by atoms with Crippen molar-refractivity contribution in [1.29, 1.82) is 0 Å². The lowest BCUT2D eigenvalue weighted by Gasteiger charge is -2.36. The van der Waals surface area contributed by atoms with Crippen LogP contribution in [0.2, 0.25) is 0 Å². The van der Waals surface area contributed by atoms with Crippen molar-refractivity contribution in [3.05, 3.63) is 71.5 Å². The molecule has 0 aromatic heterocycles. The molecule has 30 heavy (non-hydrogen) atoms. The highest BCUT2D eigenvalue weighted by Gasteiger charge is 2.28. The quantitative estimate of drug-likeness (QED) is 0.684. The summed E-state index contributed by atoms with van der Waals surface area (Å²) in [7, 11) is 0. The molecule has 2 unspecified atom stereocenters. The Morgan fingerprint density at radius 1 is 1.07 bits per heavy atom. The molecule has 0 saturated carbocycles. The largest absolute Gasteiger partial charge is 0.379 e. The Morgan fingerprint density at radius 2 is 1.73 bits per heavy atom. The maximum Gasteiger partial charge on any atom is 0.242 e. The second-order valence-electron chi connectivity index (χ2n) is 7.50. The third-order valence-corrected chi connectivity index (χ3v) is 5.73. The molecule has 1 N–H and O–H groups in total. The van der Waals surface area contributed by atoms with Crippen molar-refractivity contribution in [2.24, 2.45) is 0 Å². The van der Waals surface area contributed by atoms with Gasteiger partial charge in [-0.15, -0.1) is 0 Å². The maximum atomic E-state index is 13.9. The third kappa shape index (κ3) is 5.65. The average Bonchev–Trinajstić information content (AvgIpc) is 2.78. The highest BCUT2D eigenvalue weighted by atomic mass is 19.1. The number of likely N-dealkylation sites (N-methyl/N-ethyl adjacent to an activating group) is 1. The first kappa shape index (κ1) is 22.4. The first-order valence-corrected chi connectivity index (χ1v) is 10.8. The van der Waals surface area contributed by atoms with Crippen LogP contribution in [-0.4, -0.2) is 61.6 Å². The van der Waals surface area contributed by atoms with Gasteiger partial charge >= 0.3 is 0 Å². The van der Waals surface area contributed by atoms with E-state index >= 15 is 0 Å². The molecule has 162 valence electrons. The predicted octanol–water partition coefficient (Wildman–Crippen LogP) is 3.40. The summed E-state index contributed by atoms with van der Waals surface area (Å²) >= 11 is 0. The zero-order valence-electron chi connectivity index (χ0n) is 17.9. The van der Waals surface area contributed by atoms with Crippen LogP contribution in [0.5, 0.6) is 0 Å². The fraction of sp³-hybridized carbons (Fsp3) is 0.458. The molecule has 2 aromatic rings. The zero-order valence-corrected chi connectivity index (χ0v) is 17.9. The standard InChI is InChI=1S/C24H32FN3O2/c1-3-27(4-2)23(19-9-6-5-7-10-19)24(29)26-18-22(28-13-15-30-16-14-28)20-11-8-12-21(25)17-20/h5-12,17,22-23H,3-4,13-16,18H2,1-2H3,(H,26,29). The molecule has 0 bridgehead atoms. The minimum atomic E-state index is -0.348. The van der Waals surface area contributed by atoms with Gasteiger partial charge in [0, 0.05) is 19.6 Å². The Hall–Kier alpha value is -2.28. The van der Waals surface area contributed by atoms with Crippen LogP contribution < -0.4 is 5.32 Å². The lowest BCUT2D eigenvalue weighted by Crippen LogP contribution is -2.46. The van der Waals surface area contributed by atoms with Gasteiger partial charge in [-0.3, -0.25) is 14.6 Å². The lowest BCUT2D eigenvalue weighted by molar-refractivity contribution is -0.127. The molecule has 0 spiro atoms. The number of morpholine rings is 1. The monoisotopic (exact) mass is 413 g/mol. The fourth-order valence-electron chi connectivity index (χ4n) is 4.11. The number of rotatable bonds is 9. The van der Waals surface area contributed by atoms with E-state index in [9.17, 15) is 9.18 Å². The summed E-state index contributed by atoms with van der Waals surface area (Å²) < 4.78 is 19.4. The van der Waals surface area contributed by atoms with Gasteiger partial charge in [-0.1, -0.05) is 56.3 Å². The smallest absolute Gasteiger partial charge is 0.242 e. The number of hydrogen-bond acceptors (Lipinski definition) is 4. The van der Waals surface area contributed by atoms with Crippen molar-refractivity contribution < 1.29 is 13.9 Å². The normalized spacial score (nSPS) is 16.9. The zero-order chi connectivity index (χ0) is 21.3. The van der Waals surface area contributed by atoms with E-state index < -0.39 is 0 Å². The summed E-state index contributed by atoms with van der Waals surface area (Å²) in [4.78, 5) is 17.7. The molecule has 1 aliphatic heterocycles. The Morgan fingerprint density at radius 3 is 2.37 bits per heavy atom. The molecule has 1 heterocycles. The van der Waals surface area contributed by atoms with Gasteiger partial charge in [-0.2, -0.15) is 0 Å². The lowest BCUT2D eigenvalue weighted by atomic mass is 10.0. The van der Waals surface area contributed by atoms with Crippen LogP contribution in [0.4, 0.5) is 4.39 Å². The second kappa shape index (κ2) is 11.2. The highest BCUT2D eigenvalue weighted by molar-refractivity contribution is 5.83. The van der Waals surface area contributed by atoms with Crippen molar-refractivity contribution in [2.75, 3.05) is 45.9 Å². The molecule has 2 aromatic carbocycles. The molecule has 3 rings (SSSR count). The van der Waals surface area contributed by atoms with Crippen molar-refractivity contribution >= 4 is 5.91 Å². The predicted molar refractivity (Wildman–Crippen MR) is 117 cm³/mol. The number of carbonyl (C=O) groups is 1. The van der Waals surface area contributed by atoms with E-state index in [0.717, 1.165) is 37.3 Å². The van der Waals surface area contributed by atoms with E-state index in [0.29, 0.717) is 19.8 Å². The number of amides is 1. The number of carbonyl (C=O) groups excluding carboxylic acids is 1. The van der Waals surface area contributed by atoms with E-state index in [2.05, 4.69) is 29.0 Å².